The van der Waals surface area contributed by atoms with E-state index in [-0.39, 0.29) is 17.5 Å². The maximum atomic E-state index is 14.1. The van der Waals surface area contributed by atoms with Crippen LogP contribution in [-0.4, -0.2) is 55.7 Å². The Kier molecular flexibility index (Phi) is 4.69. The largest absolute Gasteiger partial charge is 0.339 e. The first kappa shape index (κ1) is 18.7. The number of carbonyl (C=O) groups excluding carboxylic acids is 2. The van der Waals surface area contributed by atoms with Crippen molar-refractivity contribution in [3.63, 3.8) is 0 Å². The molecule has 1 aromatic carbocycles. The minimum absolute atomic E-state index is 0.0138. The van der Waals surface area contributed by atoms with Gasteiger partial charge in [-0.1, -0.05) is 12.1 Å². The Bertz CT molecular complexity index is 1080. The lowest BCUT2D eigenvalue weighted by molar-refractivity contribution is -0.136. The third-order valence-electron chi connectivity index (χ3n) is 6.06. The third-order valence-corrected chi connectivity index (χ3v) is 6.06. The molecule has 7 nitrogen and oxygen atoms in total. The van der Waals surface area contributed by atoms with E-state index in [0.29, 0.717) is 19.5 Å². The highest BCUT2D eigenvalue weighted by atomic mass is 19.1. The van der Waals surface area contributed by atoms with Gasteiger partial charge in [-0.2, -0.15) is 0 Å². The lowest BCUT2D eigenvalue weighted by Gasteiger charge is -2.31. The van der Waals surface area contributed by atoms with Gasteiger partial charge < -0.3 is 14.8 Å². The summed E-state index contributed by atoms with van der Waals surface area (Å²) < 4.78 is 14.1. The van der Waals surface area contributed by atoms with E-state index in [1.165, 1.54) is 17.0 Å². The van der Waals surface area contributed by atoms with E-state index in [4.69, 9.17) is 0 Å². The van der Waals surface area contributed by atoms with Crippen molar-refractivity contribution in [2.75, 3.05) is 13.1 Å². The van der Waals surface area contributed by atoms with Crippen LogP contribution in [0, 0.1) is 5.82 Å². The van der Waals surface area contributed by atoms with Crippen molar-refractivity contribution in [2.45, 2.75) is 37.8 Å². The number of pyridine rings is 1. The Morgan fingerprint density at radius 2 is 1.87 bits per heavy atom. The van der Waals surface area contributed by atoms with Crippen molar-refractivity contribution < 1.29 is 14.0 Å². The second kappa shape index (κ2) is 7.51. The maximum Gasteiger partial charge on any atom is 0.257 e. The van der Waals surface area contributed by atoms with Gasteiger partial charge in [0.1, 0.15) is 17.7 Å². The maximum absolute atomic E-state index is 14.1. The third kappa shape index (κ3) is 3.12. The first-order chi connectivity index (χ1) is 14.6. The minimum atomic E-state index is -0.566. The molecule has 0 spiro atoms. The molecule has 5 rings (SSSR count). The number of fused-ring (bicyclic) bond motifs is 1. The van der Waals surface area contributed by atoms with Gasteiger partial charge in [0.25, 0.3) is 5.91 Å². The van der Waals surface area contributed by atoms with E-state index < -0.39 is 17.8 Å². The Hall–Kier alpha value is -3.29. The first-order valence-corrected chi connectivity index (χ1v) is 10.3. The predicted molar refractivity (Wildman–Crippen MR) is 108 cm³/mol. The number of H-pyrrole nitrogens is 1. The van der Waals surface area contributed by atoms with E-state index in [2.05, 4.69) is 15.0 Å². The number of nitrogens with one attached hydrogen (secondary N) is 1. The van der Waals surface area contributed by atoms with Crippen molar-refractivity contribution in [3.05, 3.63) is 59.9 Å². The Morgan fingerprint density at radius 1 is 1.07 bits per heavy atom. The highest BCUT2D eigenvalue weighted by molar-refractivity contribution is 5.98. The fourth-order valence-corrected chi connectivity index (χ4v) is 4.60. The molecular formula is C22H22FN5O2. The number of rotatable bonds is 3. The predicted octanol–water partition coefficient (Wildman–Crippen LogP) is 3.07. The van der Waals surface area contributed by atoms with Crippen LogP contribution in [0.1, 0.15) is 47.9 Å². The van der Waals surface area contributed by atoms with Crippen LogP contribution in [0.3, 0.4) is 0 Å². The zero-order chi connectivity index (χ0) is 20.7. The van der Waals surface area contributed by atoms with Crippen molar-refractivity contribution >= 4 is 22.8 Å². The summed E-state index contributed by atoms with van der Waals surface area (Å²) in [5, 5.41) is 0. The number of imidazole rings is 1. The summed E-state index contributed by atoms with van der Waals surface area (Å²) in [5.74, 6) is -0.322. The van der Waals surface area contributed by atoms with Crippen LogP contribution in [0.4, 0.5) is 4.39 Å². The summed E-state index contributed by atoms with van der Waals surface area (Å²) in [6, 6.07) is 7.04. The molecule has 0 aliphatic carbocycles. The molecule has 30 heavy (non-hydrogen) atoms. The normalized spacial score (nSPS) is 21.5. The number of halogens is 1. The molecule has 0 radical (unpaired) electrons. The number of aromatic amines is 1. The molecule has 4 heterocycles. The topological polar surface area (TPSA) is 82.2 Å². The molecule has 2 aromatic heterocycles. The smallest absolute Gasteiger partial charge is 0.257 e. The summed E-state index contributed by atoms with van der Waals surface area (Å²) in [7, 11) is 0. The molecule has 2 amide bonds. The van der Waals surface area contributed by atoms with Crippen LogP contribution in [0.5, 0.6) is 0 Å². The molecule has 2 atom stereocenters. The minimum Gasteiger partial charge on any atom is -0.339 e. The highest BCUT2D eigenvalue weighted by Gasteiger charge is 2.41. The molecule has 1 N–H and O–H groups in total. The quantitative estimate of drug-likeness (QED) is 0.723. The molecular weight excluding hydrogens is 385 g/mol. The van der Waals surface area contributed by atoms with Crippen molar-refractivity contribution in [1.29, 1.82) is 0 Å². The number of aromatic nitrogens is 3. The molecule has 8 heteroatoms. The summed E-state index contributed by atoms with van der Waals surface area (Å²) in [6.07, 6.45) is 6.42. The number of hydrogen-bond donors (Lipinski definition) is 1. The summed E-state index contributed by atoms with van der Waals surface area (Å²) in [4.78, 5) is 41.8. The van der Waals surface area contributed by atoms with Gasteiger partial charge in [0.2, 0.25) is 5.91 Å². The Labute approximate surface area is 172 Å². The molecule has 0 saturated carbocycles. The monoisotopic (exact) mass is 407 g/mol. The van der Waals surface area contributed by atoms with E-state index in [0.717, 1.165) is 36.1 Å². The van der Waals surface area contributed by atoms with Gasteiger partial charge in [-0.15, -0.1) is 0 Å². The van der Waals surface area contributed by atoms with Gasteiger partial charge in [-0.25, -0.2) is 9.37 Å². The van der Waals surface area contributed by atoms with Gasteiger partial charge in [0.05, 0.1) is 28.8 Å². The van der Waals surface area contributed by atoms with Gasteiger partial charge in [0, 0.05) is 19.3 Å². The SMILES string of the molecule is O=C(c1ccccc1F)N1CCCC1C(=O)N1CCCC1c1nc2ccncc2[nH]1. The lowest BCUT2D eigenvalue weighted by Crippen LogP contribution is -2.47. The average molecular weight is 407 g/mol. The highest BCUT2D eigenvalue weighted by Crippen LogP contribution is 2.34. The van der Waals surface area contributed by atoms with Crippen LogP contribution in [0.25, 0.3) is 11.0 Å². The molecule has 2 aliphatic heterocycles. The molecule has 2 fully saturated rings. The summed E-state index contributed by atoms with van der Waals surface area (Å²) >= 11 is 0. The summed E-state index contributed by atoms with van der Waals surface area (Å²) in [6.45, 7) is 1.08. The Balaban J connectivity index is 1.40. The number of likely N-dealkylation sites (tertiary alicyclic amines) is 2. The van der Waals surface area contributed by atoms with Crippen LogP contribution >= 0.6 is 0 Å². The van der Waals surface area contributed by atoms with Gasteiger partial charge in [-0.05, 0) is 43.9 Å². The first-order valence-electron chi connectivity index (χ1n) is 10.3. The number of carbonyl (C=O) groups is 2. The average Bonchev–Trinajstić information content (AvgIpc) is 3.51. The number of hydrogen-bond acceptors (Lipinski definition) is 4. The second-order valence-corrected chi connectivity index (χ2v) is 7.84. The van der Waals surface area contributed by atoms with Gasteiger partial charge in [0.15, 0.2) is 0 Å². The zero-order valence-corrected chi connectivity index (χ0v) is 16.4. The standard InChI is InChI=1S/C22H22FN5O2/c23-15-6-2-1-5-14(15)21(29)28-12-4-8-19(28)22(30)27-11-3-7-18(27)20-25-16-9-10-24-13-17(16)26-20/h1-2,5-6,9-10,13,18-19H,3-4,7-8,11-12H2,(H,25,26). The zero-order valence-electron chi connectivity index (χ0n) is 16.4. The van der Waals surface area contributed by atoms with E-state index in [1.54, 1.807) is 24.5 Å². The van der Waals surface area contributed by atoms with E-state index >= 15 is 0 Å². The molecule has 2 saturated heterocycles. The fraction of sp³-hybridized carbons (Fsp3) is 0.364. The second-order valence-electron chi connectivity index (χ2n) is 7.84. The fourth-order valence-electron chi connectivity index (χ4n) is 4.60. The number of nitrogens with zero attached hydrogens (tertiary/aromatic N) is 4. The van der Waals surface area contributed by atoms with E-state index in [1.807, 2.05) is 11.0 Å². The molecule has 2 aliphatic rings. The van der Waals surface area contributed by atoms with Gasteiger partial charge >= 0.3 is 0 Å². The van der Waals surface area contributed by atoms with Crippen LogP contribution in [0.15, 0.2) is 42.7 Å². The van der Waals surface area contributed by atoms with Crippen molar-refractivity contribution in [2.24, 2.45) is 0 Å². The number of benzene rings is 1. The molecule has 154 valence electrons. The molecule has 2 unspecified atom stereocenters. The Morgan fingerprint density at radius 3 is 2.70 bits per heavy atom. The van der Waals surface area contributed by atoms with Crippen LogP contribution < -0.4 is 0 Å². The lowest BCUT2D eigenvalue weighted by atomic mass is 10.1. The number of amides is 2. The van der Waals surface area contributed by atoms with E-state index in [9.17, 15) is 14.0 Å². The van der Waals surface area contributed by atoms with Crippen LogP contribution in [0.2, 0.25) is 0 Å². The van der Waals surface area contributed by atoms with Gasteiger partial charge in [-0.3, -0.25) is 14.6 Å². The van der Waals surface area contributed by atoms with Crippen molar-refractivity contribution in [3.8, 4) is 0 Å². The van der Waals surface area contributed by atoms with Crippen molar-refractivity contribution in [1.82, 2.24) is 24.8 Å². The molecule has 3 aromatic rings. The summed E-state index contributed by atoms with van der Waals surface area (Å²) in [5.41, 5.74) is 1.67. The van der Waals surface area contributed by atoms with Crippen LogP contribution in [-0.2, 0) is 4.79 Å². The molecule has 0 bridgehead atoms.